The third kappa shape index (κ3) is 2.18. The van der Waals surface area contributed by atoms with Crippen molar-refractivity contribution in [2.75, 3.05) is 16.8 Å². The molecule has 5 rings (SSSR count). The van der Waals surface area contributed by atoms with Gasteiger partial charge in [-0.15, -0.1) is 0 Å². The highest BCUT2D eigenvalue weighted by Crippen LogP contribution is 2.32. The lowest BCUT2D eigenvalue weighted by Crippen LogP contribution is -2.42. The number of hydrogen-bond donors (Lipinski definition) is 1. The molecule has 3 aromatic carbocycles. The fourth-order valence-electron chi connectivity index (χ4n) is 3.45. The molecule has 4 aromatic rings. The van der Waals surface area contributed by atoms with Gasteiger partial charge in [0.2, 0.25) is 5.91 Å². The maximum atomic E-state index is 13.1. The number of anilines is 2. The molecule has 2 amide bonds. The van der Waals surface area contributed by atoms with E-state index in [-0.39, 0.29) is 24.1 Å². The molecule has 0 bridgehead atoms. The van der Waals surface area contributed by atoms with Crippen molar-refractivity contribution < 1.29 is 14.0 Å². The monoisotopic (exact) mass is 342 g/mol. The van der Waals surface area contributed by atoms with Crippen LogP contribution in [0.4, 0.5) is 11.4 Å². The summed E-state index contributed by atoms with van der Waals surface area (Å²) in [5.41, 5.74) is 1.95. The van der Waals surface area contributed by atoms with Gasteiger partial charge in [-0.25, -0.2) is 0 Å². The summed E-state index contributed by atoms with van der Waals surface area (Å²) < 4.78 is 5.82. The fourth-order valence-corrected chi connectivity index (χ4v) is 3.45. The average Bonchev–Trinajstić information content (AvgIpc) is 3.11. The summed E-state index contributed by atoms with van der Waals surface area (Å²) in [6, 6.07) is 20.8. The van der Waals surface area contributed by atoms with Gasteiger partial charge in [0, 0.05) is 5.39 Å². The Morgan fingerprint density at radius 3 is 2.69 bits per heavy atom. The van der Waals surface area contributed by atoms with Gasteiger partial charge in [-0.05, 0) is 35.0 Å². The molecule has 126 valence electrons. The molecule has 0 aliphatic carbocycles. The maximum absolute atomic E-state index is 13.1. The summed E-state index contributed by atoms with van der Waals surface area (Å²) in [6.45, 7) is -0.0341. The first kappa shape index (κ1) is 14.7. The molecule has 1 aromatic heterocycles. The predicted molar refractivity (Wildman–Crippen MR) is 100 cm³/mol. The average molecular weight is 342 g/mol. The van der Waals surface area contributed by atoms with E-state index in [2.05, 4.69) is 5.32 Å². The van der Waals surface area contributed by atoms with E-state index in [0.717, 1.165) is 16.2 Å². The standard InChI is InChI=1S/C21H14N2O3/c24-20-12-23(17-8-4-3-7-16(17)22-20)21(25)19-11-15-14-6-2-1-5-13(14)9-10-18(15)26-19/h1-11H,12H2,(H,22,24). The first-order chi connectivity index (χ1) is 12.7. The minimum atomic E-state index is -0.326. The Morgan fingerprint density at radius 1 is 0.962 bits per heavy atom. The smallest absolute Gasteiger partial charge is 0.294 e. The topological polar surface area (TPSA) is 62.6 Å². The van der Waals surface area contributed by atoms with Crippen LogP contribution in [0.25, 0.3) is 21.7 Å². The molecule has 2 heterocycles. The van der Waals surface area contributed by atoms with Gasteiger partial charge in [-0.2, -0.15) is 0 Å². The van der Waals surface area contributed by atoms with Gasteiger partial charge in [0.1, 0.15) is 12.1 Å². The zero-order valence-electron chi connectivity index (χ0n) is 13.7. The molecule has 5 nitrogen and oxygen atoms in total. The van der Waals surface area contributed by atoms with Crippen LogP contribution in [0.15, 0.2) is 71.1 Å². The number of carbonyl (C=O) groups excluding carboxylic acids is 2. The van der Waals surface area contributed by atoms with Gasteiger partial charge < -0.3 is 9.73 Å². The molecule has 0 saturated carbocycles. The molecule has 5 heteroatoms. The first-order valence-corrected chi connectivity index (χ1v) is 8.33. The van der Waals surface area contributed by atoms with E-state index >= 15 is 0 Å². The SMILES string of the molecule is O=C1CN(C(=O)c2cc3c(ccc4ccccc43)o2)c2ccccc2N1. The number of benzene rings is 3. The highest BCUT2D eigenvalue weighted by molar-refractivity contribution is 6.16. The van der Waals surface area contributed by atoms with Crippen molar-refractivity contribution >= 4 is 44.9 Å². The van der Waals surface area contributed by atoms with Gasteiger partial charge >= 0.3 is 0 Å². The Morgan fingerprint density at radius 2 is 1.77 bits per heavy atom. The van der Waals surface area contributed by atoms with E-state index in [1.165, 1.54) is 4.90 Å². The largest absolute Gasteiger partial charge is 0.451 e. The molecule has 0 unspecified atom stereocenters. The lowest BCUT2D eigenvalue weighted by molar-refractivity contribution is -0.115. The highest BCUT2D eigenvalue weighted by atomic mass is 16.3. The Balaban J connectivity index is 1.63. The molecule has 0 spiro atoms. The molecule has 1 aliphatic heterocycles. The second-order valence-corrected chi connectivity index (χ2v) is 6.27. The zero-order chi connectivity index (χ0) is 17.7. The second-order valence-electron chi connectivity index (χ2n) is 6.27. The Kier molecular flexibility index (Phi) is 3.09. The maximum Gasteiger partial charge on any atom is 0.294 e. The predicted octanol–water partition coefficient (Wildman–Crippen LogP) is 4.18. The first-order valence-electron chi connectivity index (χ1n) is 8.33. The second kappa shape index (κ2) is 5.46. The molecule has 1 aliphatic rings. The lowest BCUT2D eigenvalue weighted by atomic mass is 10.1. The molecule has 1 N–H and O–H groups in total. The minimum Gasteiger partial charge on any atom is -0.451 e. The van der Waals surface area contributed by atoms with E-state index < -0.39 is 0 Å². The number of rotatable bonds is 1. The van der Waals surface area contributed by atoms with Crippen LogP contribution in [0.1, 0.15) is 10.6 Å². The molecule has 0 fully saturated rings. The number of hydrogen-bond acceptors (Lipinski definition) is 3. The highest BCUT2D eigenvalue weighted by Gasteiger charge is 2.29. The molecule has 0 radical (unpaired) electrons. The van der Waals surface area contributed by atoms with Crippen LogP contribution >= 0.6 is 0 Å². The van der Waals surface area contributed by atoms with Crippen molar-refractivity contribution in [3.63, 3.8) is 0 Å². The Hall–Kier alpha value is -3.60. The van der Waals surface area contributed by atoms with E-state index in [4.69, 9.17) is 4.42 Å². The third-order valence-electron chi connectivity index (χ3n) is 4.65. The van der Waals surface area contributed by atoms with Gasteiger partial charge in [0.25, 0.3) is 5.91 Å². The van der Waals surface area contributed by atoms with Crippen molar-refractivity contribution in [3.05, 3.63) is 72.5 Å². The summed E-state index contributed by atoms with van der Waals surface area (Å²) in [5, 5.41) is 5.79. The van der Waals surface area contributed by atoms with Crippen molar-refractivity contribution in [2.45, 2.75) is 0 Å². The number of amides is 2. The van der Waals surface area contributed by atoms with E-state index in [1.807, 2.05) is 54.6 Å². The quantitative estimate of drug-likeness (QED) is 0.564. The fraction of sp³-hybridized carbons (Fsp3) is 0.0476. The van der Waals surface area contributed by atoms with Gasteiger partial charge in [0.05, 0.1) is 11.4 Å². The molecular weight excluding hydrogens is 328 g/mol. The van der Waals surface area contributed by atoms with Gasteiger partial charge in [-0.3, -0.25) is 14.5 Å². The third-order valence-corrected chi connectivity index (χ3v) is 4.65. The minimum absolute atomic E-state index is 0.0341. The van der Waals surface area contributed by atoms with Crippen LogP contribution in [0.3, 0.4) is 0 Å². The van der Waals surface area contributed by atoms with E-state index in [1.54, 1.807) is 12.1 Å². The molecule has 0 atom stereocenters. The van der Waals surface area contributed by atoms with Crippen LogP contribution in [0.5, 0.6) is 0 Å². The number of nitrogens with one attached hydrogen (secondary N) is 1. The number of para-hydroxylation sites is 2. The van der Waals surface area contributed by atoms with Crippen LogP contribution in [0, 0.1) is 0 Å². The van der Waals surface area contributed by atoms with Crippen LogP contribution in [-0.4, -0.2) is 18.4 Å². The summed E-state index contributed by atoms with van der Waals surface area (Å²) >= 11 is 0. The van der Waals surface area contributed by atoms with Crippen molar-refractivity contribution in [1.82, 2.24) is 0 Å². The van der Waals surface area contributed by atoms with Crippen molar-refractivity contribution in [1.29, 1.82) is 0 Å². The summed E-state index contributed by atoms with van der Waals surface area (Å²) in [5.74, 6) is -0.327. The molecule has 26 heavy (non-hydrogen) atoms. The molecular formula is C21H14N2O3. The summed E-state index contributed by atoms with van der Waals surface area (Å²) in [6.07, 6.45) is 0. The zero-order valence-corrected chi connectivity index (χ0v) is 13.7. The van der Waals surface area contributed by atoms with Crippen molar-refractivity contribution in [2.24, 2.45) is 0 Å². The van der Waals surface area contributed by atoms with Crippen molar-refractivity contribution in [3.8, 4) is 0 Å². The molecule has 0 saturated heterocycles. The van der Waals surface area contributed by atoms with Gasteiger partial charge in [-0.1, -0.05) is 42.5 Å². The van der Waals surface area contributed by atoms with Crippen LogP contribution < -0.4 is 10.2 Å². The van der Waals surface area contributed by atoms with Crippen LogP contribution in [0.2, 0.25) is 0 Å². The van der Waals surface area contributed by atoms with Gasteiger partial charge in [0.15, 0.2) is 5.76 Å². The number of nitrogens with zero attached hydrogens (tertiary/aromatic N) is 1. The number of fused-ring (bicyclic) bond motifs is 4. The summed E-state index contributed by atoms with van der Waals surface area (Å²) in [7, 11) is 0. The number of furan rings is 1. The Bertz CT molecular complexity index is 1190. The number of carbonyl (C=O) groups is 2. The van der Waals surface area contributed by atoms with E-state index in [9.17, 15) is 9.59 Å². The van der Waals surface area contributed by atoms with E-state index in [0.29, 0.717) is 17.0 Å². The normalized spacial score (nSPS) is 13.7. The van der Waals surface area contributed by atoms with Crippen LogP contribution in [-0.2, 0) is 4.79 Å². The Labute approximate surface area is 148 Å². The lowest BCUT2D eigenvalue weighted by Gasteiger charge is -2.28. The summed E-state index contributed by atoms with van der Waals surface area (Å²) in [4.78, 5) is 26.5.